The van der Waals surface area contributed by atoms with Gasteiger partial charge in [-0.1, -0.05) is 53.3 Å². The molecule has 2 aromatic carbocycles. The number of carbonyl (C=O) groups excluding carboxylic acids is 1. The lowest BCUT2D eigenvalue weighted by Gasteiger charge is -2.18. The quantitative estimate of drug-likeness (QED) is 0.624. The second-order valence-electron chi connectivity index (χ2n) is 4.70. The normalized spacial score (nSPS) is 11.9. The number of anilines is 1. The largest absolute Gasteiger partial charge is 0.481 e. The lowest BCUT2D eigenvalue weighted by atomic mass is 10.2. The van der Waals surface area contributed by atoms with Crippen LogP contribution in [0.1, 0.15) is 13.3 Å². The van der Waals surface area contributed by atoms with Crippen LogP contribution < -0.4 is 10.1 Å². The fourth-order valence-corrected chi connectivity index (χ4v) is 2.55. The fraction of sp³-hybridized carbons (Fsp3) is 0.188. The van der Waals surface area contributed by atoms with Crippen molar-refractivity contribution in [1.29, 1.82) is 0 Å². The van der Waals surface area contributed by atoms with Crippen molar-refractivity contribution in [1.82, 2.24) is 0 Å². The monoisotopic (exact) mass is 391 g/mol. The maximum Gasteiger partial charge on any atom is 0.265 e. The fourth-order valence-electron chi connectivity index (χ4n) is 1.83. The van der Waals surface area contributed by atoms with Gasteiger partial charge in [-0.3, -0.25) is 4.79 Å². The summed E-state index contributed by atoms with van der Waals surface area (Å²) in [6.45, 7) is 1.84. The number of ether oxygens (including phenoxy) is 1. The highest BCUT2D eigenvalue weighted by Gasteiger charge is 2.20. The molecule has 0 radical (unpaired) electrons. The van der Waals surface area contributed by atoms with Crippen LogP contribution in [-0.2, 0) is 4.79 Å². The Bertz CT molecular complexity index is 704. The average Bonchev–Trinajstić information content (AvgIpc) is 2.52. The Morgan fingerprint density at radius 1 is 1.04 bits per heavy atom. The first-order valence-corrected chi connectivity index (χ1v) is 8.29. The first-order valence-electron chi connectivity index (χ1n) is 6.78. The lowest BCUT2D eigenvalue weighted by Crippen LogP contribution is -2.32. The number of benzene rings is 2. The van der Waals surface area contributed by atoms with Crippen LogP contribution in [0.4, 0.5) is 5.69 Å². The highest BCUT2D eigenvalue weighted by Crippen LogP contribution is 2.32. The van der Waals surface area contributed by atoms with Gasteiger partial charge in [0.05, 0.1) is 20.8 Å². The van der Waals surface area contributed by atoms with Gasteiger partial charge in [-0.25, -0.2) is 0 Å². The number of hydrogen-bond acceptors (Lipinski definition) is 2. The van der Waals surface area contributed by atoms with Gasteiger partial charge in [0.1, 0.15) is 5.75 Å². The van der Waals surface area contributed by atoms with Gasteiger partial charge in [0, 0.05) is 5.02 Å². The van der Waals surface area contributed by atoms with E-state index in [4.69, 9.17) is 51.1 Å². The van der Waals surface area contributed by atoms with Crippen LogP contribution in [0.15, 0.2) is 36.4 Å². The zero-order valence-electron chi connectivity index (χ0n) is 12.1. The van der Waals surface area contributed by atoms with Crippen molar-refractivity contribution >= 4 is 58.0 Å². The standard InChI is InChI=1S/C16H13Cl4NO2/c1-2-15(23-10-5-3-9(17)4-6-10)16(22)21-14-8-12(19)11(18)7-13(14)20/h3-8,15H,2H2,1H3,(H,21,22)/t15-/m0/s1. The zero-order valence-corrected chi connectivity index (χ0v) is 15.1. The van der Waals surface area contributed by atoms with Crippen molar-refractivity contribution in [3.05, 3.63) is 56.5 Å². The molecule has 7 heteroatoms. The first kappa shape index (κ1) is 18.2. The molecule has 0 fully saturated rings. The van der Waals surface area contributed by atoms with Crippen LogP contribution in [0.5, 0.6) is 5.75 Å². The molecule has 0 saturated heterocycles. The molecule has 0 bridgehead atoms. The Morgan fingerprint density at radius 3 is 2.26 bits per heavy atom. The van der Waals surface area contributed by atoms with Gasteiger partial charge in [0.2, 0.25) is 0 Å². The Labute approximate surface area is 154 Å². The minimum atomic E-state index is -0.679. The van der Waals surface area contributed by atoms with E-state index in [2.05, 4.69) is 5.32 Å². The SMILES string of the molecule is CC[C@H](Oc1ccc(Cl)cc1)C(=O)Nc1cc(Cl)c(Cl)cc1Cl. The van der Waals surface area contributed by atoms with Gasteiger partial charge >= 0.3 is 0 Å². The van der Waals surface area contributed by atoms with Crippen molar-refractivity contribution in [2.24, 2.45) is 0 Å². The van der Waals surface area contributed by atoms with Gasteiger partial charge in [-0.2, -0.15) is 0 Å². The number of rotatable bonds is 5. The van der Waals surface area contributed by atoms with Crippen molar-refractivity contribution < 1.29 is 9.53 Å². The van der Waals surface area contributed by atoms with Crippen molar-refractivity contribution in [2.75, 3.05) is 5.32 Å². The second kappa shape index (κ2) is 8.11. The molecule has 0 aliphatic rings. The van der Waals surface area contributed by atoms with E-state index in [1.54, 1.807) is 24.3 Å². The number of hydrogen-bond donors (Lipinski definition) is 1. The Kier molecular flexibility index (Phi) is 6.42. The van der Waals surface area contributed by atoms with E-state index in [1.165, 1.54) is 12.1 Å². The third-order valence-electron chi connectivity index (χ3n) is 3.02. The maximum atomic E-state index is 12.4. The smallest absolute Gasteiger partial charge is 0.265 e. The van der Waals surface area contributed by atoms with Gasteiger partial charge in [0.25, 0.3) is 5.91 Å². The molecule has 0 aliphatic carbocycles. The molecule has 0 spiro atoms. The van der Waals surface area contributed by atoms with E-state index in [-0.39, 0.29) is 5.91 Å². The molecule has 1 N–H and O–H groups in total. The maximum absolute atomic E-state index is 12.4. The minimum absolute atomic E-state index is 0.300. The van der Waals surface area contributed by atoms with E-state index < -0.39 is 6.10 Å². The van der Waals surface area contributed by atoms with Crippen molar-refractivity contribution in [2.45, 2.75) is 19.4 Å². The summed E-state index contributed by atoms with van der Waals surface area (Å²) >= 11 is 23.7. The highest BCUT2D eigenvalue weighted by atomic mass is 35.5. The first-order chi connectivity index (χ1) is 10.9. The van der Waals surface area contributed by atoms with E-state index >= 15 is 0 Å². The molecule has 1 atom stereocenters. The third kappa shape index (κ3) is 4.92. The van der Waals surface area contributed by atoms with Crippen LogP contribution in [0.2, 0.25) is 20.1 Å². The molecule has 3 nitrogen and oxygen atoms in total. The number of nitrogens with one attached hydrogen (secondary N) is 1. The molecule has 0 heterocycles. The Hall–Kier alpha value is -1.13. The molecule has 0 unspecified atom stereocenters. The highest BCUT2D eigenvalue weighted by molar-refractivity contribution is 6.44. The molecule has 122 valence electrons. The summed E-state index contributed by atoms with van der Waals surface area (Å²) < 4.78 is 5.67. The van der Waals surface area contributed by atoms with Crippen molar-refractivity contribution in [3.8, 4) is 5.75 Å². The molecule has 23 heavy (non-hydrogen) atoms. The molecule has 2 rings (SSSR count). The average molecular weight is 393 g/mol. The second-order valence-corrected chi connectivity index (χ2v) is 6.36. The van der Waals surface area contributed by atoms with E-state index in [9.17, 15) is 4.79 Å². The lowest BCUT2D eigenvalue weighted by molar-refractivity contribution is -0.122. The van der Waals surface area contributed by atoms with Crippen LogP contribution in [0.3, 0.4) is 0 Å². The summed E-state index contributed by atoms with van der Waals surface area (Å²) in [6.07, 6.45) is -0.199. The summed E-state index contributed by atoms with van der Waals surface area (Å²) in [7, 11) is 0. The molecular formula is C16H13Cl4NO2. The van der Waals surface area contributed by atoms with E-state index in [0.29, 0.717) is 37.9 Å². The van der Waals surface area contributed by atoms with Crippen molar-refractivity contribution in [3.63, 3.8) is 0 Å². The molecule has 2 aromatic rings. The number of halogens is 4. The third-order valence-corrected chi connectivity index (χ3v) is 4.31. The minimum Gasteiger partial charge on any atom is -0.481 e. The predicted molar refractivity (Wildman–Crippen MR) is 96.3 cm³/mol. The molecule has 0 aliphatic heterocycles. The Balaban J connectivity index is 2.11. The number of amides is 1. The summed E-state index contributed by atoms with van der Waals surface area (Å²) in [5, 5.41) is 4.21. The zero-order chi connectivity index (χ0) is 17.0. The van der Waals surface area contributed by atoms with Crippen LogP contribution in [0, 0.1) is 0 Å². The molecule has 1 amide bonds. The summed E-state index contributed by atoms with van der Waals surface area (Å²) in [5.74, 6) is 0.222. The molecule has 0 saturated carbocycles. The van der Waals surface area contributed by atoms with Crippen LogP contribution in [0.25, 0.3) is 0 Å². The van der Waals surface area contributed by atoms with Gasteiger partial charge in [-0.05, 0) is 42.8 Å². The molecular weight excluding hydrogens is 380 g/mol. The summed E-state index contributed by atoms with van der Waals surface area (Å²) in [4.78, 5) is 12.4. The topological polar surface area (TPSA) is 38.3 Å². The number of carbonyl (C=O) groups is 1. The van der Waals surface area contributed by atoms with Crippen LogP contribution in [-0.4, -0.2) is 12.0 Å². The summed E-state index contributed by atoms with van der Waals surface area (Å²) in [5.41, 5.74) is 0.379. The van der Waals surface area contributed by atoms with E-state index in [0.717, 1.165) is 0 Å². The molecule has 0 aromatic heterocycles. The predicted octanol–water partition coefficient (Wildman–Crippen LogP) is 6.10. The Morgan fingerprint density at radius 2 is 1.65 bits per heavy atom. The van der Waals surface area contributed by atoms with Gasteiger partial charge < -0.3 is 10.1 Å². The van der Waals surface area contributed by atoms with Gasteiger partial charge in [-0.15, -0.1) is 0 Å². The van der Waals surface area contributed by atoms with Gasteiger partial charge in [0.15, 0.2) is 6.10 Å². The van der Waals surface area contributed by atoms with Crippen LogP contribution >= 0.6 is 46.4 Å². The summed E-state index contributed by atoms with van der Waals surface area (Å²) in [6, 6.07) is 9.75. The van der Waals surface area contributed by atoms with E-state index in [1.807, 2.05) is 6.92 Å².